The summed E-state index contributed by atoms with van der Waals surface area (Å²) in [7, 11) is 0. The van der Waals surface area contributed by atoms with Crippen LogP contribution in [0.4, 0.5) is 13.2 Å². The van der Waals surface area contributed by atoms with E-state index < -0.39 is 17.7 Å². The molecule has 0 bridgehead atoms. The highest BCUT2D eigenvalue weighted by Gasteiger charge is 2.34. The van der Waals surface area contributed by atoms with Crippen molar-refractivity contribution in [3.8, 4) is 0 Å². The minimum absolute atomic E-state index is 0.0197. The topological polar surface area (TPSA) is 37.3 Å². The van der Waals surface area contributed by atoms with E-state index in [1.807, 2.05) is 0 Å². The summed E-state index contributed by atoms with van der Waals surface area (Å²) >= 11 is 3.06. The van der Waals surface area contributed by atoms with Crippen LogP contribution >= 0.6 is 34.4 Å². The van der Waals surface area contributed by atoms with E-state index >= 15 is 0 Å². The van der Waals surface area contributed by atoms with Crippen LogP contribution in [-0.4, -0.2) is 11.1 Å². The number of aromatic carboxylic acids is 1. The largest absolute Gasteiger partial charge is 0.478 e. The summed E-state index contributed by atoms with van der Waals surface area (Å²) in [5.41, 5.74) is -1.32. The number of carboxylic acid groups (broad SMARTS) is 1. The zero-order valence-electron chi connectivity index (χ0n) is 10.3. The second-order valence-corrected chi connectivity index (χ2v) is 6.43. The van der Waals surface area contributed by atoms with Crippen LogP contribution in [-0.2, 0) is 6.18 Å². The molecule has 1 N–H and O–H groups in total. The molecular weight excluding hydrogens is 416 g/mol. The van der Waals surface area contributed by atoms with Crippen molar-refractivity contribution in [3.05, 3.63) is 57.2 Å². The van der Waals surface area contributed by atoms with Gasteiger partial charge in [-0.1, -0.05) is 11.8 Å². The van der Waals surface area contributed by atoms with E-state index in [4.69, 9.17) is 5.11 Å². The Morgan fingerprint density at radius 2 is 1.71 bits per heavy atom. The van der Waals surface area contributed by atoms with Crippen molar-refractivity contribution >= 4 is 40.3 Å². The van der Waals surface area contributed by atoms with Gasteiger partial charge in [0.1, 0.15) is 0 Å². The highest BCUT2D eigenvalue weighted by Crippen LogP contribution is 2.40. The van der Waals surface area contributed by atoms with Crippen molar-refractivity contribution in [2.75, 3.05) is 0 Å². The predicted molar refractivity (Wildman–Crippen MR) is 81.7 cm³/mol. The Hall–Kier alpha value is -1.22. The number of benzene rings is 2. The van der Waals surface area contributed by atoms with E-state index in [2.05, 4.69) is 22.6 Å². The van der Waals surface area contributed by atoms with E-state index in [-0.39, 0.29) is 10.5 Å². The number of hydrogen-bond donors (Lipinski definition) is 1. The van der Waals surface area contributed by atoms with Gasteiger partial charge in [0.15, 0.2) is 0 Å². The number of hydrogen-bond acceptors (Lipinski definition) is 2. The smallest absolute Gasteiger partial charge is 0.417 e. The second-order valence-electron chi connectivity index (χ2n) is 4.07. The first kappa shape index (κ1) is 16.2. The summed E-state index contributed by atoms with van der Waals surface area (Å²) in [5.74, 6) is -1.38. The maximum absolute atomic E-state index is 13.1. The molecule has 0 fully saturated rings. The van der Waals surface area contributed by atoms with Gasteiger partial charge in [0.05, 0.1) is 11.1 Å². The summed E-state index contributed by atoms with van der Waals surface area (Å²) in [6.45, 7) is 0. The monoisotopic (exact) mass is 424 g/mol. The van der Waals surface area contributed by atoms with E-state index in [9.17, 15) is 18.0 Å². The Morgan fingerprint density at radius 1 is 1.10 bits per heavy atom. The van der Waals surface area contributed by atoms with Gasteiger partial charge in [-0.15, -0.1) is 0 Å². The molecule has 2 rings (SSSR count). The Morgan fingerprint density at radius 3 is 2.24 bits per heavy atom. The number of alkyl halides is 3. The Balaban J connectivity index is 2.43. The highest BCUT2D eigenvalue weighted by molar-refractivity contribution is 14.1. The van der Waals surface area contributed by atoms with Crippen LogP contribution < -0.4 is 0 Å². The lowest BCUT2D eigenvalue weighted by Crippen LogP contribution is -2.09. The summed E-state index contributed by atoms with van der Waals surface area (Å²) < 4.78 is 40.1. The van der Waals surface area contributed by atoms with Gasteiger partial charge in [-0.25, -0.2) is 4.79 Å². The molecular formula is C14H8F3IO2S. The summed E-state index contributed by atoms with van der Waals surface area (Å²) in [5, 5.41) is 8.81. The first-order valence-corrected chi connectivity index (χ1v) is 7.55. The van der Waals surface area contributed by atoms with E-state index in [0.717, 1.165) is 15.3 Å². The lowest BCUT2D eigenvalue weighted by atomic mass is 10.1. The lowest BCUT2D eigenvalue weighted by Gasteiger charge is -2.13. The van der Waals surface area contributed by atoms with Crippen LogP contribution in [0, 0.1) is 3.57 Å². The molecule has 0 heterocycles. The highest BCUT2D eigenvalue weighted by atomic mass is 127. The molecule has 7 heteroatoms. The quantitative estimate of drug-likeness (QED) is 0.692. The molecule has 0 aromatic heterocycles. The minimum atomic E-state index is -4.60. The van der Waals surface area contributed by atoms with E-state index in [0.29, 0.717) is 11.0 Å². The van der Waals surface area contributed by atoms with Crippen molar-refractivity contribution in [1.29, 1.82) is 0 Å². The number of halogens is 4. The standard InChI is InChI=1S/C14H8F3IO2S/c15-14(16,17)11-7-8(13(19)20)1-6-12(11)21-10-4-2-9(18)3-5-10/h1-7H,(H,19,20). The predicted octanol–water partition coefficient (Wildman–Crippen LogP) is 5.16. The fourth-order valence-corrected chi connectivity index (χ4v) is 2.91. The molecule has 110 valence electrons. The normalized spacial score (nSPS) is 11.4. The number of carboxylic acids is 1. The number of carbonyl (C=O) groups is 1. The lowest BCUT2D eigenvalue weighted by molar-refractivity contribution is -0.139. The molecule has 2 aromatic rings. The van der Waals surface area contributed by atoms with Crippen molar-refractivity contribution < 1.29 is 23.1 Å². The van der Waals surface area contributed by atoms with Crippen LogP contribution in [0.3, 0.4) is 0 Å². The summed E-state index contributed by atoms with van der Waals surface area (Å²) in [4.78, 5) is 11.4. The van der Waals surface area contributed by atoms with Crippen molar-refractivity contribution in [2.24, 2.45) is 0 Å². The third-order valence-electron chi connectivity index (χ3n) is 2.57. The molecule has 0 aliphatic heterocycles. The first-order chi connectivity index (χ1) is 9.77. The fourth-order valence-electron chi connectivity index (χ4n) is 1.60. The van der Waals surface area contributed by atoms with Gasteiger partial charge in [0.25, 0.3) is 0 Å². The molecule has 0 atom stereocenters. The molecule has 0 aliphatic carbocycles. The van der Waals surface area contributed by atoms with Crippen LogP contribution in [0.2, 0.25) is 0 Å². The maximum Gasteiger partial charge on any atom is 0.417 e. The van der Waals surface area contributed by atoms with Gasteiger partial charge in [-0.3, -0.25) is 0 Å². The minimum Gasteiger partial charge on any atom is -0.478 e. The molecule has 0 saturated heterocycles. The van der Waals surface area contributed by atoms with Crippen molar-refractivity contribution in [2.45, 2.75) is 16.0 Å². The van der Waals surface area contributed by atoms with Crippen LogP contribution in [0.1, 0.15) is 15.9 Å². The van der Waals surface area contributed by atoms with Crippen molar-refractivity contribution in [3.63, 3.8) is 0 Å². The average Bonchev–Trinajstić information content (AvgIpc) is 2.40. The van der Waals surface area contributed by atoms with Gasteiger partial charge in [-0.2, -0.15) is 13.2 Å². The third kappa shape index (κ3) is 4.13. The van der Waals surface area contributed by atoms with Crippen LogP contribution in [0.15, 0.2) is 52.3 Å². The Bertz CT molecular complexity index is 669. The van der Waals surface area contributed by atoms with Gasteiger partial charge >= 0.3 is 12.1 Å². The molecule has 0 saturated carbocycles. The second kappa shape index (κ2) is 6.27. The summed E-state index contributed by atoms with van der Waals surface area (Å²) in [6.07, 6.45) is -4.60. The SMILES string of the molecule is O=C(O)c1ccc(Sc2ccc(I)cc2)c(C(F)(F)F)c1. The Labute approximate surface area is 136 Å². The third-order valence-corrected chi connectivity index (χ3v) is 4.38. The van der Waals surface area contributed by atoms with Gasteiger partial charge in [0.2, 0.25) is 0 Å². The van der Waals surface area contributed by atoms with Crippen molar-refractivity contribution in [1.82, 2.24) is 0 Å². The van der Waals surface area contributed by atoms with Gasteiger partial charge in [0, 0.05) is 13.4 Å². The molecule has 2 nitrogen and oxygen atoms in total. The fraction of sp³-hybridized carbons (Fsp3) is 0.0714. The molecule has 0 amide bonds. The zero-order valence-corrected chi connectivity index (χ0v) is 13.3. The van der Waals surface area contributed by atoms with Gasteiger partial charge < -0.3 is 5.11 Å². The Kier molecular flexibility index (Phi) is 4.82. The van der Waals surface area contributed by atoms with Crippen LogP contribution in [0.25, 0.3) is 0 Å². The molecule has 0 unspecified atom stereocenters. The molecule has 2 aromatic carbocycles. The van der Waals surface area contributed by atoms with E-state index in [1.54, 1.807) is 24.3 Å². The molecule has 0 spiro atoms. The molecule has 21 heavy (non-hydrogen) atoms. The van der Waals surface area contributed by atoms with Crippen LogP contribution in [0.5, 0.6) is 0 Å². The maximum atomic E-state index is 13.1. The van der Waals surface area contributed by atoms with Gasteiger partial charge in [-0.05, 0) is 65.1 Å². The van der Waals surface area contributed by atoms with E-state index in [1.165, 1.54) is 12.1 Å². The molecule has 0 radical (unpaired) electrons. The average molecular weight is 424 g/mol. The zero-order chi connectivity index (χ0) is 15.6. The molecule has 0 aliphatic rings. The summed E-state index contributed by atoms with van der Waals surface area (Å²) in [6, 6.07) is 10.1. The number of rotatable bonds is 3. The first-order valence-electron chi connectivity index (χ1n) is 5.65.